The topological polar surface area (TPSA) is 69.8 Å². The van der Waals surface area contributed by atoms with Crippen molar-refractivity contribution in [1.29, 1.82) is 0 Å². The maximum atomic E-state index is 11.9. The molecule has 1 heterocycles. The third-order valence-corrected chi connectivity index (χ3v) is 2.28. The Kier molecular flexibility index (Phi) is 5.10. The summed E-state index contributed by atoms with van der Waals surface area (Å²) in [6, 6.07) is 0. The zero-order valence-electron chi connectivity index (χ0n) is 11.6. The van der Waals surface area contributed by atoms with Crippen molar-refractivity contribution in [3.05, 3.63) is 0 Å². The van der Waals surface area contributed by atoms with Gasteiger partial charge in [0.25, 0.3) is 0 Å². The van der Waals surface area contributed by atoms with Gasteiger partial charge >= 0.3 is 12.4 Å². The Hall–Kier alpha value is -0.690. The molecule has 0 amide bonds. The van der Waals surface area contributed by atoms with Crippen LogP contribution in [0.3, 0.4) is 0 Å². The van der Waals surface area contributed by atoms with Crippen LogP contribution >= 0.6 is 0 Å². The molecule has 18 heavy (non-hydrogen) atoms. The summed E-state index contributed by atoms with van der Waals surface area (Å²) in [5, 5.41) is 0. The first-order valence-electron chi connectivity index (χ1n) is 6.14. The highest BCUT2D eigenvalue weighted by molar-refractivity contribution is 5.78. The van der Waals surface area contributed by atoms with Crippen molar-refractivity contribution in [2.75, 3.05) is 6.61 Å². The SMILES string of the molecule is CCCCOC(=O)C(C)(C)OC(C)(C)OC1OO1. The molecule has 1 saturated heterocycles. The minimum Gasteiger partial charge on any atom is -0.464 e. The van der Waals surface area contributed by atoms with Gasteiger partial charge in [0.1, 0.15) is 0 Å². The van der Waals surface area contributed by atoms with Crippen molar-refractivity contribution in [2.45, 2.75) is 65.3 Å². The van der Waals surface area contributed by atoms with Gasteiger partial charge in [0.15, 0.2) is 11.4 Å². The predicted octanol–water partition coefficient (Wildman–Crippen LogP) is 2.12. The van der Waals surface area contributed by atoms with E-state index in [0.717, 1.165) is 12.8 Å². The Bertz CT molecular complexity index is 282. The number of rotatable bonds is 8. The summed E-state index contributed by atoms with van der Waals surface area (Å²) < 4.78 is 16.0. The van der Waals surface area contributed by atoms with Gasteiger partial charge in [0.2, 0.25) is 0 Å². The molecule has 0 aromatic carbocycles. The summed E-state index contributed by atoms with van der Waals surface area (Å²) in [7, 11) is 0. The molecule has 1 aliphatic rings. The van der Waals surface area contributed by atoms with Crippen molar-refractivity contribution in [3.8, 4) is 0 Å². The molecule has 0 unspecified atom stereocenters. The molecule has 0 spiro atoms. The fourth-order valence-corrected chi connectivity index (χ4v) is 1.46. The summed E-state index contributed by atoms with van der Waals surface area (Å²) in [5.41, 5.74) is -1.09. The third-order valence-electron chi connectivity index (χ3n) is 2.28. The Morgan fingerprint density at radius 1 is 1.22 bits per heavy atom. The second kappa shape index (κ2) is 5.97. The second-order valence-corrected chi connectivity index (χ2v) is 5.10. The highest BCUT2D eigenvalue weighted by Gasteiger charge is 2.42. The normalized spacial score (nSPS) is 16.7. The van der Waals surface area contributed by atoms with Crippen LogP contribution in [0.1, 0.15) is 47.5 Å². The van der Waals surface area contributed by atoms with E-state index < -0.39 is 23.8 Å². The Morgan fingerprint density at radius 3 is 2.33 bits per heavy atom. The van der Waals surface area contributed by atoms with E-state index in [1.165, 1.54) is 0 Å². The molecule has 0 bridgehead atoms. The minimum atomic E-state index is -1.09. The summed E-state index contributed by atoms with van der Waals surface area (Å²) in [6.07, 6.45) is 1.81. The van der Waals surface area contributed by atoms with Gasteiger partial charge in [-0.15, -0.1) is 0 Å². The van der Waals surface area contributed by atoms with Gasteiger partial charge < -0.3 is 9.47 Å². The fraction of sp³-hybridized carbons (Fsp3) is 0.917. The van der Waals surface area contributed by atoms with E-state index in [1.54, 1.807) is 27.7 Å². The molecule has 0 aromatic rings. The Labute approximate surface area is 107 Å². The number of carbonyl (C=O) groups is 1. The van der Waals surface area contributed by atoms with Gasteiger partial charge in [-0.3, -0.25) is 4.74 Å². The van der Waals surface area contributed by atoms with E-state index in [0.29, 0.717) is 6.61 Å². The van der Waals surface area contributed by atoms with Gasteiger partial charge in [-0.2, -0.15) is 9.78 Å². The molecule has 0 aliphatic carbocycles. The monoisotopic (exact) mass is 262 g/mol. The number of hydrogen-bond acceptors (Lipinski definition) is 6. The average molecular weight is 262 g/mol. The molecular formula is C12H22O6. The zero-order valence-corrected chi connectivity index (χ0v) is 11.6. The highest BCUT2D eigenvalue weighted by atomic mass is 17.4. The lowest BCUT2D eigenvalue weighted by Gasteiger charge is -2.33. The van der Waals surface area contributed by atoms with Gasteiger partial charge in [-0.1, -0.05) is 13.3 Å². The second-order valence-electron chi connectivity index (χ2n) is 5.10. The summed E-state index contributed by atoms with van der Waals surface area (Å²) >= 11 is 0. The molecule has 1 aliphatic heterocycles. The van der Waals surface area contributed by atoms with Crippen molar-refractivity contribution in [3.63, 3.8) is 0 Å². The third kappa shape index (κ3) is 5.30. The number of carbonyl (C=O) groups excluding carboxylic acids is 1. The van der Waals surface area contributed by atoms with Crippen molar-refractivity contribution in [2.24, 2.45) is 0 Å². The van der Waals surface area contributed by atoms with E-state index in [-0.39, 0.29) is 0 Å². The molecule has 0 N–H and O–H groups in total. The molecule has 6 nitrogen and oxygen atoms in total. The molecule has 1 fully saturated rings. The van der Waals surface area contributed by atoms with Crippen LogP contribution in [0.25, 0.3) is 0 Å². The Morgan fingerprint density at radius 2 is 1.83 bits per heavy atom. The summed E-state index contributed by atoms with van der Waals surface area (Å²) in [4.78, 5) is 20.8. The number of unbranched alkanes of at least 4 members (excludes halogenated alkanes) is 1. The van der Waals surface area contributed by atoms with Crippen LogP contribution < -0.4 is 0 Å². The highest BCUT2D eigenvalue weighted by Crippen LogP contribution is 2.28. The van der Waals surface area contributed by atoms with E-state index in [2.05, 4.69) is 9.78 Å². The van der Waals surface area contributed by atoms with Crippen LogP contribution in [-0.4, -0.2) is 30.4 Å². The standard InChI is InChI=1S/C12H22O6/c1-6-7-8-14-9(13)11(2,3)18-12(4,5)15-10-16-17-10/h10H,6-8H2,1-5H3. The first-order chi connectivity index (χ1) is 8.27. The first-order valence-corrected chi connectivity index (χ1v) is 6.14. The molecule has 106 valence electrons. The fourth-order valence-electron chi connectivity index (χ4n) is 1.46. The van der Waals surface area contributed by atoms with Crippen LogP contribution in [0.15, 0.2) is 0 Å². The van der Waals surface area contributed by atoms with Crippen LogP contribution in [0.5, 0.6) is 0 Å². The lowest BCUT2D eigenvalue weighted by atomic mass is 10.1. The van der Waals surface area contributed by atoms with Gasteiger partial charge in [-0.25, -0.2) is 4.79 Å². The molecule has 0 atom stereocenters. The lowest BCUT2D eigenvalue weighted by molar-refractivity contribution is -0.281. The maximum absolute atomic E-state index is 11.9. The largest absolute Gasteiger partial charge is 0.464 e. The van der Waals surface area contributed by atoms with Crippen molar-refractivity contribution in [1.82, 2.24) is 0 Å². The smallest absolute Gasteiger partial charge is 0.337 e. The summed E-state index contributed by atoms with van der Waals surface area (Å²) in [6.45, 7) is 8.35. The summed E-state index contributed by atoms with van der Waals surface area (Å²) in [5.74, 6) is -1.42. The molecule has 0 saturated carbocycles. The van der Waals surface area contributed by atoms with E-state index in [4.69, 9.17) is 14.2 Å². The maximum Gasteiger partial charge on any atom is 0.337 e. The van der Waals surface area contributed by atoms with E-state index >= 15 is 0 Å². The Balaban J connectivity index is 2.42. The number of ether oxygens (including phenoxy) is 3. The van der Waals surface area contributed by atoms with E-state index in [1.807, 2.05) is 6.92 Å². The van der Waals surface area contributed by atoms with Crippen LogP contribution in [-0.2, 0) is 28.8 Å². The number of hydrogen-bond donors (Lipinski definition) is 0. The molecule has 0 aromatic heterocycles. The van der Waals surface area contributed by atoms with Crippen molar-refractivity contribution < 1.29 is 28.8 Å². The molecule has 1 rings (SSSR count). The average Bonchev–Trinajstić information content (AvgIpc) is 2.99. The van der Waals surface area contributed by atoms with Gasteiger partial charge in [-0.05, 0) is 34.1 Å². The van der Waals surface area contributed by atoms with Crippen molar-refractivity contribution >= 4 is 5.97 Å². The lowest BCUT2D eigenvalue weighted by Crippen LogP contribution is -2.45. The zero-order chi connectivity index (χ0) is 13.8. The molecule has 6 heteroatoms. The van der Waals surface area contributed by atoms with Gasteiger partial charge in [0.05, 0.1) is 6.61 Å². The van der Waals surface area contributed by atoms with Gasteiger partial charge in [0, 0.05) is 0 Å². The molecular weight excluding hydrogens is 240 g/mol. The molecule has 0 radical (unpaired) electrons. The quantitative estimate of drug-likeness (QED) is 0.219. The first kappa shape index (κ1) is 15.4. The van der Waals surface area contributed by atoms with Crippen LogP contribution in [0, 0.1) is 0 Å². The van der Waals surface area contributed by atoms with E-state index in [9.17, 15) is 4.79 Å². The predicted molar refractivity (Wildman–Crippen MR) is 62.2 cm³/mol. The minimum absolute atomic E-state index is 0.401. The van der Waals surface area contributed by atoms with Crippen LogP contribution in [0.4, 0.5) is 0 Å². The number of esters is 1. The van der Waals surface area contributed by atoms with Crippen LogP contribution in [0.2, 0.25) is 0 Å².